The molecule has 3 N–H and O–H groups in total. The molecule has 0 amide bonds. The van der Waals surface area contributed by atoms with Crippen LogP contribution < -0.4 is 5.73 Å². The maximum atomic E-state index is 10.5. The number of aliphatic hydroxyl groups excluding tert-OH is 1. The van der Waals surface area contributed by atoms with E-state index in [-0.39, 0.29) is 5.92 Å². The Morgan fingerprint density at radius 2 is 2.06 bits per heavy atom. The number of hydrogen-bond acceptors (Lipinski definition) is 3. The van der Waals surface area contributed by atoms with Crippen LogP contribution in [0.3, 0.4) is 0 Å². The number of rotatable bonds is 4. The maximum absolute atomic E-state index is 10.5. The van der Waals surface area contributed by atoms with Crippen LogP contribution in [-0.4, -0.2) is 11.7 Å². The van der Waals surface area contributed by atoms with E-state index in [9.17, 15) is 5.11 Å². The quantitative estimate of drug-likeness (QED) is 0.888. The molecule has 1 aromatic heterocycles. The van der Waals surface area contributed by atoms with Crippen molar-refractivity contribution in [3.05, 3.63) is 57.3 Å². The first kappa shape index (κ1) is 13.3. The molecule has 0 saturated carbocycles. The molecule has 2 atom stereocenters. The molecular formula is C15H19NOS. The monoisotopic (exact) mass is 261 g/mol. The van der Waals surface area contributed by atoms with Crippen LogP contribution in [0.4, 0.5) is 0 Å². The van der Waals surface area contributed by atoms with Crippen molar-refractivity contribution in [2.45, 2.75) is 25.9 Å². The van der Waals surface area contributed by atoms with Gasteiger partial charge in [-0.3, -0.25) is 0 Å². The van der Waals surface area contributed by atoms with Crippen molar-refractivity contribution in [1.29, 1.82) is 0 Å². The van der Waals surface area contributed by atoms with E-state index in [4.69, 9.17) is 5.73 Å². The van der Waals surface area contributed by atoms with E-state index in [1.165, 1.54) is 5.56 Å². The van der Waals surface area contributed by atoms with Gasteiger partial charge in [-0.2, -0.15) is 11.3 Å². The highest BCUT2D eigenvalue weighted by atomic mass is 32.1. The summed E-state index contributed by atoms with van der Waals surface area (Å²) in [5, 5.41) is 14.6. The molecule has 0 saturated heterocycles. The van der Waals surface area contributed by atoms with Crippen LogP contribution in [0.5, 0.6) is 0 Å². The van der Waals surface area contributed by atoms with Gasteiger partial charge in [-0.05, 0) is 41.3 Å². The summed E-state index contributed by atoms with van der Waals surface area (Å²) < 4.78 is 0. The zero-order chi connectivity index (χ0) is 13.1. The fourth-order valence-electron chi connectivity index (χ4n) is 2.24. The molecule has 0 fully saturated rings. The first-order chi connectivity index (χ1) is 8.63. The number of aryl methyl sites for hydroxylation is 2. The molecule has 3 heteroatoms. The Hall–Kier alpha value is -1.16. The molecule has 2 rings (SSSR count). The molecule has 2 nitrogen and oxygen atoms in total. The molecular weight excluding hydrogens is 242 g/mol. The second-order valence-corrected chi connectivity index (χ2v) is 5.45. The van der Waals surface area contributed by atoms with E-state index in [0.29, 0.717) is 6.54 Å². The lowest BCUT2D eigenvalue weighted by molar-refractivity contribution is 0.147. The van der Waals surface area contributed by atoms with Crippen LogP contribution in [-0.2, 0) is 0 Å². The van der Waals surface area contributed by atoms with Gasteiger partial charge in [-0.15, -0.1) is 0 Å². The normalized spacial score (nSPS) is 14.4. The Bertz CT molecular complexity index is 521. The van der Waals surface area contributed by atoms with Gasteiger partial charge in [0.15, 0.2) is 0 Å². The van der Waals surface area contributed by atoms with E-state index in [1.54, 1.807) is 11.3 Å². The minimum absolute atomic E-state index is 0.0433. The standard InChI is InChI=1S/C15H19NOS/c1-10-4-3-5-12(6-10)13(7-16)15(17)14-9-18-8-11(14)2/h3-6,8-9,13,15,17H,7,16H2,1-2H3. The molecule has 96 valence electrons. The van der Waals surface area contributed by atoms with Crippen LogP contribution in [0, 0.1) is 13.8 Å². The fourth-order valence-corrected chi connectivity index (χ4v) is 3.12. The molecule has 0 spiro atoms. The number of aliphatic hydroxyl groups is 1. The van der Waals surface area contributed by atoms with Gasteiger partial charge in [0.1, 0.15) is 0 Å². The minimum Gasteiger partial charge on any atom is -0.388 e. The first-order valence-electron chi connectivity index (χ1n) is 6.11. The van der Waals surface area contributed by atoms with Gasteiger partial charge in [0.05, 0.1) is 6.10 Å². The topological polar surface area (TPSA) is 46.2 Å². The van der Waals surface area contributed by atoms with Gasteiger partial charge >= 0.3 is 0 Å². The van der Waals surface area contributed by atoms with Crippen molar-refractivity contribution in [2.24, 2.45) is 5.73 Å². The van der Waals surface area contributed by atoms with E-state index in [1.807, 2.05) is 24.4 Å². The molecule has 18 heavy (non-hydrogen) atoms. The highest BCUT2D eigenvalue weighted by molar-refractivity contribution is 7.08. The molecule has 1 aromatic carbocycles. The first-order valence-corrected chi connectivity index (χ1v) is 7.05. The summed E-state index contributed by atoms with van der Waals surface area (Å²) >= 11 is 1.62. The van der Waals surface area contributed by atoms with Crippen molar-refractivity contribution < 1.29 is 5.11 Å². The molecule has 0 aliphatic rings. The van der Waals surface area contributed by atoms with Crippen molar-refractivity contribution in [3.63, 3.8) is 0 Å². The van der Waals surface area contributed by atoms with E-state index in [2.05, 4.69) is 24.4 Å². The minimum atomic E-state index is -0.525. The zero-order valence-corrected chi connectivity index (χ0v) is 11.6. The van der Waals surface area contributed by atoms with Crippen LogP contribution in [0.15, 0.2) is 35.0 Å². The Labute approximate surface area is 112 Å². The van der Waals surface area contributed by atoms with Gasteiger partial charge in [0.25, 0.3) is 0 Å². The van der Waals surface area contributed by atoms with Gasteiger partial charge in [-0.1, -0.05) is 29.8 Å². The van der Waals surface area contributed by atoms with E-state index >= 15 is 0 Å². The Morgan fingerprint density at radius 1 is 1.28 bits per heavy atom. The van der Waals surface area contributed by atoms with Crippen LogP contribution in [0.25, 0.3) is 0 Å². The van der Waals surface area contributed by atoms with Gasteiger partial charge in [-0.25, -0.2) is 0 Å². The predicted octanol–water partition coefficient (Wildman–Crippen LogP) is 3.14. The number of thiophene rings is 1. The largest absolute Gasteiger partial charge is 0.388 e. The average molecular weight is 261 g/mol. The van der Waals surface area contributed by atoms with Crippen LogP contribution in [0.1, 0.15) is 34.3 Å². The van der Waals surface area contributed by atoms with Crippen LogP contribution in [0.2, 0.25) is 0 Å². The molecule has 0 aliphatic carbocycles. The summed E-state index contributed by atoms with van der Waals surface area (Å²) in [6, 6.07) is 8.21. The van der Waals surface area contributed by atoms with Crippen molar-refractivity contribution in [1.82, 2.24) is 0 Å². The predicted molar refractivity (Wildman–Crippen MR) is 77.0 cm³/mol. The third-order valence-corrected chi connectivity index (χ3v) is 4.20. The highest BCUT2D eigenvalue weighted by Gasteiger charge is 2.23. The van der Waals surface area contributed by atoms with Crippen molar-refractivity contribution in [3.8, 4) is 0 Å². The average Bonchev–Trinajstić information content (AvgIpc) is 2.76. The third kappa shape index (κ3) is 2.64. The summed E-state index contributed by atoms with van der Waals surface area (Å²) in [7, 11) is 0. The number of benzene rings is 1. The van der Waals surface area contributed by atoms with Gasteiger partial charge in [0, 0.05) is 12.5 Å². The molecule has 0 radical (unpaired) electrons. The van der Waals surface area contributed by atoms with E-state index < -0.39 is 6.10 Å². The fraction of sp³-hybridized carbons (Fsp3) is 0.333. The third-order valence-electron chi connectivity index (χ3n) is 3.32. The maximum Gasteiger partial charge on any atom is 0.0881 e. The lowest BCUT2D eigenvalue weighted by Gasteiger charge is -2.22. The lowest BCUT2D eigenvalue weighted by Crippen LogP contribution is -2.20. The van der Waals surface area contributed by atoms with Gasteiger partial charge < -0.3 is 10.8 Å². The molecule has 2 aromatic rings. The smallest absolute Gasteiger partial charge is 0.0881 e. The summed E-state index contributed by atoms with van der Waals surface area (Å²) in [5.41, 5.74) is 10.3. The second kappa shape index (κ2) is 5.65. The SMILES string of the molecule is Cc1cccc(C(CN)C(O)c2cscc2C)c1. The highest BCUT2D eigenvalue weighted by Crippen LogP contribution is 2.33. The summed E-state index contributed by atoms with van der Waals surface area (Å²) in [6.45, 7) is 4.53. The lowest BCUT2D eigenvalue weighted by atomic mass is 9.88. The Balaban J connectivity index is 2.32. The van der Waals surface area contributed by atoms with E-state index in [0.717, 1.165) is 16.7 Å². The van der Waals surface area contributed by atoms with Crippen molar-refractivity contribution in [2.75, 3.05) is 6.54 Å². The zero-order valence-electron chi connectivity index (χ0n) is 10.8. The summed E-state index contributed by atoms with van der Waals surface area (Å²) in [4.78, 5) is 0. The van der Waals surface area contributed by atoms with Crippen molar-refractivity contribution >= 4 is 11.3 Å². The number of nitrogens with two attached hydrogens (primary N) is 1. The van der Waals surface area contributed by atoms with Gasteiger partial charge in [0.2, 0.25) is 0 Å². The Morgan fingerprint density at radius 3 is 2.61 bits per heavy atom. The molecule has 1 heterocycles. The molecule has 0 bridgehead atoms. The van der Waals surface area contributed by atoms with Crippen LogP contribution >= 0.6 is 11.3 Å². The molecule has 2 unspecified atom stereocenters. The molecule has 0 aliphatic heterocycles. The Kier molecular flexibility index (Phi) is 4.17. The summed E-state index contributed by atoms with van der Waals surface area (Å²) in [5.74, 6) is -0.0433. The summed E-state index contributed by atoms with van der Waals surface area (Å²) in [6.07, 6.45) is -0.525. The second-order valence-electron chi connectivity index (χ2n) is 4.71. The number of hydrogen-bond donors (Lipinski definition) is 2.